The van der Waals surface area contributed by atoms with Crippen molar-refractivity contribution in [1.29, 1.82) is 0 Å². The molecule has 0 aliphatic carbocycles. The van der Waals surface area contributed by atoms with E-state index in [2.05, 4.69) is 88.5 Å². The minimum Gasteiger partial charge on any atom is -0.462 e. The number of allylic oxidation sites excluding steroid dienone is 12. The van der Waals surface area contributed by atoms with Crippen LogP contribution in [0.25, 0.3) is 0 Å². The van der Waals surface area contributed by atoms with E-state index >= 15 is 0 Å². The van der Waals surface area contributed by atoms with Crippen molar-refractivity contribution in [3.63, 3.8) is 0 Å². The fourth-order valence-electron chi connectivity index (χ4n) is 11.0. The molecule has 0 amide bonds. The molecule has 0 aliphatic rings. The Bertz CT molecular complexity index is 2180. The summed E-state index contributed by atoms with van der Waals surface area (Å²) in [6.45, 7) is 4.81. The number of esters is 4. The Labute approximate surface area is 609 Å². The molecule has 0 rings (SSSR count). The molecule has 582 valence electrons. The largest absolute Gasteiger partial charge is 0.472 e. The van der Waals surface area contributed by atoms with Crippen LogP contribution in [0, 0.1) is 0 Å². The maximum absolute atomic E-state index is 13.1. The maximum Gasteiger partial charge on any atom is 0.472 e. The molecule has 0 heterocycles. The predicted octanol–water partition coefficient (Wildman–Crippen LogP) is 23.2. The Morgan fingerprint density at radius 1 is 0.280 bits per heavy atom. The van der Waals surface area contributed by atoms with E-state index in [1.807, 2.05) is 12.2 Å². The fraction of sp³-hybridized carbons (Fsp3) is 0.802. The summed E-state index contributed by atoms with van der Waals surface area (Å²) in [5.41, 5.74) is 0. The van der Waals surface area contributed by atoms with Crippen molar-refractivity contribution in [3.05, 3.63) is 72.9 Å². The van der Waals surface area contributed by atoms with Crippen LogP contribution in [0.2, 0.25) is 0 Å². The molecular formula is C81H146O17P2. The number of carbonyl (C=O) groups is 4. The zero-order valence-corrected chi connectivity index (χ0v) is 65.4. The third kappa shape index (κ3) is 72.8. The molecule has 0 fully saturated rings. The van der Waals surface area contributed by atoms with Crippen LogP contribution in [0.1, 0.15) is 362 Å². The molecule has 19 heteroatoms. The van der Waals surface area contributed by atoms with Gasteiger partial charge in [0.05, 0.1) is 26.4 Å². The van der Waals surface area contributed by atoms with Crippen molar-refractivity contribution in [2.45, 2.75) is 380 Å². The number of hydrogen-bond donors (Lipinski definition) is 3. The molecule has 0 saturated carbocycles. The van der Waals surface area contributed by atoms with E-state index in [1.165, 1.54) is 167 Å². The van der Waals surface area contributed by atoms with Crippen LogP contribution in [0.3, 0.4) is 0 Å². The highest BCUT2D eigenvalue weighted by molar-refractivity contribution is 7.47. The van der Waals surface area contributed by atoms with E-state index < -0.39 is 97.5 Å². The molecule has 0 bridgehead atoms. The Hall–Kier alpha value is -3.50. The highest BCUT2D eigenvalue weighted by Gasteiger charge is 2.30. The van der Waals surface area contributed by atoms with Crippen molar-refractivity contribution >= 4 is 39.5 Å². The summed E-state index contributed by atoms with van der Waals surface area (Å²) >= 11 is 0. The number of carbonyl (C=O) groups excluding carboxylic acids is 4. The van der Waals surface area contributed by atoms with E-state index in [4.69, 9.17) is 37.0 Å². The molecule has 0 aliphatic heterocycles. The van der Waals surface area contributed by atoms with Gasteiger partial charge in [-0.3, -0.25) is 37.3 Å². The summed E-state index contributed by atoms with van der Waals surface area (Å²) in [6, 6.07) is 0. The molecule has 0 spiro atoms. The predicted molar refractivity (Wildman–Crippen MR) is 409 cm³/mol. The first-order valence-electron chi connectivity index (χ1n) is 40.2. The molecule has 0 aromatic carbocycles. The van der Waals surface area contributed by atoms with Gasteiger partial charge in [-0.2, -0.15) is 0 Å². The van der Waals surface area contributed by atoms with Crippen LogP contribution in [-0.4, -0.2) is 96.7 Å². The Morgan fingerprint density at radius 2 is 0.500 bits per heavy atom. The van der Waals surface area contributed by atoms with E-state index in [0.717, 1.165) is 109 Å². The third-order valence-electron chi connectivity index (χ3n) is 17.2. The number of unbranched alkanes of at least 4 members (excludes halogenated alkanes) is 38. The third-order valence-corrected chi connectivity index (χ3v) is 19.1. The van der Waals surface area contributed by atoms with Gasteiger partial charge in [0.1, 0.15) is 19.3 Å². The molecule has 5 atom stereocenters. The highest BCUT2D eigenvalue weighted by Crippen LogP contribution is 2.45. The van der Waals surface area contributed by atoms with E-state index in [1.54, 1.807) is 0 Å². The number of hydrogen-bond acceptors (Lipinski definition) is 15. The molecule has 0 radical (unpaired) electrons. The Kier molecular flexibility index (Phi) is 71.2. The molecule has 0 aromatic heterocycles. The fourth-order valence-corrected chi connectivity index (χ4v) is 12.6. The van der Waals surface area contributed by atoms with Crippen LogP contribution in [0.5, 0.6) is 0 Å². The van der Waals surface area contributed by atoms with Gasteiger partial charge in [-0.05, 0) is 96.3 Å². The first kappa shape index (κ1) is 96.5. The van der Waals surface area contributed by atoms with Crippen molar-refractivity contribution in [2.24, 2.45) is 0 Å². The van der Waals surface area contributed by atoms with Gasteiger partial charge in [0.15, 0.2) is 12.2 Å². The lowest BCUT2D eigenvalue weighted by Crippen LogP contribution is -2.30. The van der Waals surface area contributed by atoms with E-state index in [9.17, 15) is 43.2 Å². The Balaban J connectivity index is 5.38. The summed E-state index contributed by atoms with van der Waals surface area (Å²) in [5, 5.41) is 10.6. The summed E-state index contributed by atoms with van der Waals surface area (Å²) in [7, 11) is -9.96. The number of rotatable bonds is 76. The van der Waals surface area contributed by atoms with Gasteiger partial charge in [0.2, 0.25) is 0 Å². The second kappa shape index (κ2) is 73.8. The second-order valence-electron chi connectivity index (χ2n) is 27.0. The standard InChI is InChI=1S/C81H146O17P2/c1-5-9-13-17-21-25-29-33-36-37-40-44-48-52-56-60-64-68-81(86)98-76(71-91-78(83)65-61-57-53-49-45-41-32-28-24-20-16-12-8-4)73-95-99(87,88)93-69-75(82)70-94-100(89,90)96-74-77(97-80(85)67-63-59-55-51-47-43-39-35-31-27-23-19-15-11-7-3)72-92-79(84)66-62-58-54-50-46-42-38-34-30-26-22-18-14-10-6-2/h21,23,25,27,33,35-36,39-40,44,52,56,75-77,82H,5-20,22,24,26,28-32,34,37-38,41-43,45-51,53-55,57-74H2,1-4H3,(H,87,88)(H,89,90)/b25-21-,27-23-,36-33-,39-35-,44-40-,56-52-/t75-,76-,77-/m1/s1. The van der Waals surface area contributed by atoms with Gasteiger partial charge in [0, 0.05) is 25.7 Å². The van der Waals surface area contributed by atoms with Gasteiger partial charge in [-0.15, -0.1) is 0 Å². The number of aliphatic hydroxyl groups is 1. The number of phosphoric acid groups is 2. The SMILES string of the molecule is CCCCC/C=C\C/C=C\C/C=C\C/C=C\CCCC(=O)O[C@H](COC(=O)CCCCCCCCCCCCCCC)COP(=O)(O)OC[C@@H](O)COP(=O)(O)OC[C@@H](COC(=O)CCCCCCCCCCCCCCCCC)OC(=O)CCCCCCC/C=C\C/C=C\CCCCC. The minimum absolute atomic E-state index is 0.0230. The first-order chi connectivity index (χ1) is 48.7. The van der Waals surface area contributed by atoms with Crippen LogP contribution >= 0.6 is 15.6 Å². The van der Waals surface area contributed by atoms with Crippen molar-refractivity contribution in [3.8, 4) is 0 Å². The summed E-state index contributed by atoms with van der Waals surface area (Å²) in [4.78, 5) is 72.9. The topological polar surface area (TPSA) is 237 Å². The van der Waals surface area contributed by atoms with Gasteiger partial charge < -0.3 is 33.8 Å². The van der Waals surface area contributed by atoms with E-state index in [-0.39, 0.29) is 25.7 Å². The number of phosphoric ester groups is 2. The van der Waals surface area contributed by atoms with Crippen molar-refractivity contribution < 1.29 is 80.2 Å². The normalized spacial score (nSPS) is 14.3. The van der Waals surface area contributed by atoms with Crippen LogP contribution < -0.4 is 0 Å². The maximum atomic E-state index is 13.1. The highest BCUT2D eigenvalue weighted by atomic mass is 31.2. The van der Waals surface area contributed by atoms with Crippen LogP contribution in [0.15, 0.2) is 72.9 Å². The van der Waals surface area contributed by atoms with E-state index in [0.29, 0.717) is 32.1 Å². The smallest absolute Gasteiger partial charge is 0.462 e. The summed E-state index contributed by atoms with van der Waals surface area (Å²) in [5.74, 6) is -2.22. The lowest BCUT2D eigenvalue weighted by molar-refractivity contribution is -0.161. The average Bonchev–Trinajstić information content (AvgIpc) is 1.13. The molecule has 100 heavy (non-hydrogen) atoms. The number of aliphatic hydroxyl groups excluding tert-OH is 1. The monoisotopic (exact) mass is 1450 g/mol. The van der Waals surface area contributed by atoms with Crippen LogP contribution in [-0.2, 0) is 65.4 Å². The van der Waals surface area contributed by atoms with Gasteiger partial charge in [-0.25, -0.2) is 9.13 Å². The second-order valence-corrected chi connectivity index (χ2v) is 29.9. The zero-order chi connectivity index (χ0) is 73.2. The number of ether oxygens (including phenoxy) is 4. The van der Waals surface area contributed by atoms with Crippen molar-refractivity contribution in [2.75, 3.05) is 39.6 Å². The average molecular weight is 1450 g/mol. The van der Waals surface area contributed by atoms with Crippen molar-refractivity contribution in [1.82, 2.24) is 0 Å². The Morgan fingerprint density at radius 3 is 0.810 bits per heavy atom. The van der Waals surface area contributed by atoms with Gasteiger partial charge in [0.25, 0.3) is 0 Å². The lowest BCUT2D eigenvalue weighted by atomic mass is 10.0. The lowest BCUT2D eigenvalue weighted by Gasteiger charge is -2.21. The molecule has 2 unspecified atom stereocenters. The minimum atomic E-state index is -4.98. The zero-order valence-electron chi connectivity index (χ0n) is 63.6. The molecule has 17 nitrogen and oxygen atoms in total. The van der Waals surface area contributed by atoms with Gasteiger partial charge >= 0.3 is 39.5 Å². The first-order valence-corrected chi connectivity index (χ1v) is 43.2. The quantitative estimate of drug-likeness (QED) is 0.0169. The molecule has 0 saturated heterocycles. The molecule has 0 aromatic rings. The molecular weight excluding hydrogens is 1310 g/mol. The van der Waals surface area contributed by atoms with Gasteiger partial charge in [-0.1, -0.05) is 312 Å². The molecule has 3 N–H and O–H groups in total. The summed E-state index contributed by atoms with van der Waals surface area (Å²) in [6.07, 6.45) is 74.5. The van der Waals surface area contributed by atoms with Crippen LogP contribution in [0.4, 0.5) is 0 Å². The summed E-state index contributed by atoms with van der Waals surface area (Å²) < 4.78 is 68.5.